The molecule has 23 heavy (non-hydrogen) atoms. The molecule has 0 bridgehead atoms. The zero-order valence-electron chi connectivity index (χ0n) is 12.9. The average Bonchev–Trinajstić information content (AvgIpc) is 2.54. The Kier molecular flexibility index (Phi) is 5.11. The van der Waals surface area contributed by atoms with E-state index in [1.54, 1.807) is 42.5 Å². The average molecular weight is 308 g/mol. The zero-order valence-corrected chi connectivity index (χ0v) is 12.9. The standard InChI is InChI=1S/C18H16N2O3/c1-12-5-3-7-15(9-12)18(22)23-13(2)17(21)20-16-8-4-6-14(10-16)11-19/h3-10,13H,1-2H3,(H,20,21). The molecule has 5 nitrogen and oxygen atoms in total. The fourth-order valence-electron chi connectivity index (χ4n) is 1.96. The first-order valence-corrected chi connectivity index (χ1v) is 7.08. The Balaban J connectivity index is 1.99. The molecule has 0 aliphatic carbocycles. The predicted molar refractivity (Wildman–Crippen MR) is 85.8 cm³/mol. The number of hydrogen-bond donors (Lipinski definition) is 1. The van der Waals surface area contributed by atoms with Crippen molar-refractivity contribution in [2.24, 2.45) is 0 Å². The van der Waals surface area contributed by atoms with Gasteiger partial charge in [0, 0.05) is 5.69 Å². The monoisotopic (exact) mass is 308 g/mol. The molecule has 116 valence electrons. The number of amides is 1. The minimum atomic E-state index is -0.950. The lowest BCUT2D eigenvalue weighted by molar-refractivity contribution is -0.123. The van der Waals surface area contributed by atoms with Crippen LogP contribution in [0.4, 0.5) is 5.69 Å². The Morgan fingerprint density at radius 1 is 1.17 bits per heavy atom. The number of nitrogens with zero attached hydrogens (tertiary/aromatic N) is 1. The molecule has 0 spiro atoms. The fourth-order valence-corrected chi connectivity index (χ4v) is 1.96. The van der Waals surface area contributed by atoms with Crippen molar-refractivity contribution in [3.63, 3.8) is 0 Å². The molecule has 2 aromatic rings. The molecule has 0 radical (unpaired) electrons. The summed E-state index contributed by atoms with van der Waals surface area (Å²) in [6.07, 6.45) is -0.950. The minimum Gasteiger partial charge on any atom is -0.449 e. The van der Waals surface area contributed by atoms with Crippen molar-refractivity contribution >= 4 is 17.6 Å². The highest BCUT2D eigenvalue weighted by Gasteiger charge is 2.19. The summed E-state index contributed by atoms with van der Waals surface area (Å²) in [5.74, 6) is -1.01. The van der Waals surface area contributed by atoms with Gasteiger partial charge in [-0.3, -0.25) is 4.79 Å². The highest BCUT2D eigenvalue weighted by atomic mass is 16.5. The summed E-state index contributed by atoms with van der Waals surface area (Å²) in [5.41, 5.74) is 2.25. The summed E-state index contributed by atoms with van der Waals surface area (Å²) in [6.45, 7) is 3.37. The van der Waals surface area contributed by atoms with E-state index < -0.39 is 18.0 Å². The van der Waals surface area contributed by atoms with E-state index in [0.29, 0.717) is 16.8 Å². The van der Waals surface area contributed by atoms with Crippen molar-refractivity contribution in [3.05, 3.63) is 65.2 Å². The third-order valence-electron chi connectivity index (χ3n) is 3.17. The van der Waals surface area contributed by atoms with Crippen LogP contribution in [0.2, 0.25) is 0 Å². The molecule has 1 unspecified atom stereocenters. The van der Waals surface area contributed by atoms with Gasteiger partial charge in [-0.25, -0.2) is 4.79 Å². The van der Waals surface area contributed by atoms with Gasteiger partial charge in [0.1, 0.15) is 0 Å². The molecule has 5 heteroatoms. The van der Waals surface area contributed by atoms with Crippen LogP contribution in [0.1, 0.15) is 28.4 Å². The second kappa shape index (κ2) is 7.23. The van der Waals surface area contributed by atoms with E-state index >= 15 is 0 Å². The van der Waals surface area contributed by atoms with Gasteiger partial charge >= 0.3 is 5.97 Å². The van der Waals surface area contributed by atoms with E-state index in [2.05, 4.69) is 5.32 Å². The van der Waals surface area contributed by atoms with Crippen LogP contribution in [0.25, 0.3) is 0 Å². The largest absolute Gasteiger partial charge is 0.449 e. The second-order valence-electron chi connectivity index (χ2n) is 5.10. The highest BCUT2D eigenvalue weighted by Crippen LogP contribution is 2.12. The van der Waals surface area contributed by atoms with Crippen LogP contribution in [0, 0.1) is 18.3 Å². The molecule has 1 atom stereocenters. The number of aryl methyl sites for hydroxylation is 1. The van der Waals surface area contributed by atoms with E-state index in [9.17, 15) is 9.59 Å². The number of anilines is 1. The van der Waals surface area contributed by atoms with Crippen molar-refractivity contribution in [2.45, 2.75) is 20.0 Å². The molecule has 2 aromatic carbocycles. The quantitative estimate of drug-likeness (QED) is 0.880. The number of ether oxygens (including phenoxy) is 1. The molecule has 2 rings (SSSR count). The Hall–Kier alpha value is -3.13. The summed E-state index contributed by atoms with van der Waals surface area (Å²) in [7, 11) is 0. The third-order valence-corrected chi connectivity index (χ3v) is 3.17. The number of rotatable bonds is 4. The molecule has 0 fully saturated rings. The summed E-state index contributed by atoms with van der Waals surface area (Å²) >= 11 is 0. The first-order valence-electron chi connectivity index (χ1n) is 7.08. The van der Waals surface area contributed by atoms with Gasteiger partial charge < -0.3 is 10.1 Å². The molecule has 0 saturated carbocycles. The fraction of sp³-hybridized carbons (Fsp3) is 0.167. The van der Waals surface area contributed by atoms with Crippen molar-refractivity contribution in [3.8, 4) is 6.07 Å². The molecule has 1 amide bonds. The Bertz CT molecular complexity index is 778. The van der Waals surface area contributed by atoms with Crippen molar-refractivity contribution in [1.29, 1.82) is 5.26 Å². The van der Waals surface area contributed by atoms with Crippen molar-refractivity contribution < 1.29 is 14.3 Å². The van der Waals surface area contributed by atoms with E-state index in [1.807, 2.05) is 19.1 Å². The zero-order chi connectivity index (χ0) is 16.8. The van der Waals surface area contributed by atoms with Crippen LogP contribution in [0.3, 0.4) is 0 Å². The molecule has 1 N–H and O–H groups in total. The van der Waals surface area contributed by atoms with Gasteiger partial charge in [-0.15, -0.1) is 0 Å². The lowest BCUT2D eigenvalue weighted by Gasteiger charge is -2.14. The minimum absolute atomic E-state index is 0.399. The lowest BCUT2D eigenvalue weighted by atomic mass is 10.1. The van der Waals surface area contributed by atoms with Crippen LogP contribution in [-0.2, 0) is 9.53 Å². The van der Waals surface area contributed by atoms with E-state index in [-0.39, 0.29) is 0 Å². The Morgan fingerprint density at radius 2 is 1.91 bits per heavy atom. The number of nitrogens with one attached hydrogen (secondary N) is 1. The molecule has 0 aliphatic heterocycles. The first-order chi connectivity index (χ1) is 11.0. The maximum absolute atomic E-state index is 12.1. The molecule has 0 saturated heterocycles. The van der Waals surface area contributed by atoms with Gasteiger partial charge in [0.25, 0.3) is 5.91 Å². The number of esters is 1. The summed E-state index contributed by atoms with van der Waals surface area (Å²) in [4.78, 5) is 24.1. The SMILES string of the molecule is Cc1cccc(C(=O)OC(C)C(=O)Nc2cccc(C#N)c2)c1. The van der Waals surface area contributed by atoms with Gasteiger partial charge in [-0.2, -0.15) is 5.26 Å². The topological polar surface area (TPSA) is 79.2 Å². The number of carbonyl (C=O) groups excluding carboxylic acids is 2. The van der Waals surface area contributed by atoms with Crippen LogP contribution >= 0.6 is 0 Å². The molecule has 0 aliphatic rings. The summed E-state index contributed by atoms with van der Waals surface area (Å²) < 4.78 is 5.17. The second-order valence-corrected chi connectivity index (χ2v) is 5.10. The Morgan fingerprint density at radius 3 is 2.61 bits per heavy atom. The maximum atomic E-state index is 12.1. The van der Waals surface area contributed by atoms with E-state index in [0.717, 1.165) is 5.56 Å². The van der Waals surface area contributed by atoms with E-state index in [4.69, 9.17) is 10.00 Å². The molecule has 0 aromatic heterocycles. The number of nitriles is 1. The van der Waals surface area contributed by atoms with Gasteiger partial charge in [-0.05, 0) is 44.2 Å². The lowest BCUT2D eigenvalue weighted by Crippen LogP contribution is -2.30. The Labute approximate surface area is 134 Å². The molecular formula is C18H16N2O3. The summed E-state index contributed by atoms with van der Waals surface area (Å²) in [6, 6.07) is 15.5. The predicted octanol–water partition coefficient (Wildman–Crippen LogP) is 3.05. The first kappa shape index (κ1) is 16.2. The smallest absolute Gasteiger partial charge is 0.338 e. The number of hydrogen-bond acceptors (Lipinski definition) is 4. The van der Waals surface area contributed by atoms with Crippen LogP contribution < -0.4 is 5.32 Å². The normalized spacial score (nSPS) is 11.2. The third kappa shape index (κ3) is 4.42. The van der Waals surface area contributed by atoms with Crippen molar-refractivity contribution in [1.82, 2.24) is 0 Å². The van der Waals surface area contributed by atoms with Crippen LogP contribution in [0.15, 0.2) is 48.5 Å². The number of benzene rings is 2. The van der Waals surface area contributed by atoms with Gasteiger partial charge in [-0.1, -0.05) is 23.8 Å². The highest BCUT2D eigenvalue weighted by molar-refractivity contribution is 5.97. The molecule has 0 heterocycles. The van der Waals surface area contributed by atoms with Gasteiger partial charge in [0.2, 0.25) is 0 Å². The van der Waals surface area contributed by atoms with Crippen molar-refractivity contribution in [2.75, 3.05) is 5.32 Å². The van der Waals surface area contributed by atoms with Gasteiger partial charge in [0.05, 0.1) is 17.2 Å². The van der Waals surface area contributed by atoms with Crippen LogP contribution in [0.5, 0.6) is 0 Å². The maximum Gasteiger partial charge on any atom is 0.338 e. The van der Waals surface area contributed by atoms with Crippen LogP contribution in [-0.4, -0.2) is 18.0 Å². The molecular weight excluding hydrogens is 292 g/mol. The van der Waals surface area contributed by atoms with Gasteiger partial charge in [0.15, 0.2) is 6.10 Å². The summed E-state index contributed by atoms with van der Waals surface area (Å²) in [5, 5.41) is 11.5. The number of carbonyl (C=O) groups is 2. The van der Waals surface area contributed by atoms with E-state index in [1.165, 1.54) is 6.92 Å².